The molecule has 3 aromatic rings. The molecule has 1 aliphatic rings. The number of nitrogens with zero attached hydrogens (tertiary/aromatic N) is 3. The molecule has 1 aromatic heterocycles. The maximum Gasteiger partial charge on any atom is 0.245 e. The predicted octanol–water partition coefficient (Wildman–Crippen LogP) is 5.28. The Morgan fingerprint density at radius 2 is 1.83 bits per heavy atom. The van der Waals surface area contributed by atoms with Gasteiger partial charge in [-0.15, -0.1) is 11.3 Å². The zero-order valence-corrected chi connectivity index (χ0v) is 18.5. The van der Waals surface area contributed by atoms with Gasteiger partial charge < -0.3 is 14.5 Å². The fourth-order valence-corrected chi connectivity index (χ4v) is 4.78. The Hall–Kier alpha value is -2.86. The largest absolute Gasteiger partial charge is 0.495 e. The third-order valence-electron chi connectivity index (χ3n) is 5.55. The molecule has 1 amide bonds. The van der Waals surface area contributed by atoms with Crippen molar-refractivity contribution in [1.29, 1.82) is 0 Å². The van der Waals surface area contributed by atoms with Gasteiger partial charge in [0, 0.05) is 24.0 Å². The molecule has 0 spiro atoms. The first-order valence-corrected chi connectivity index (χ1v) is 11.2. The van der Waals surface area contributed by atoms with E-state index in [4.69, 9.17) is 9.72 Å². The summed E-state index contributed by atoms with van der Waals surface area (Å²) in [5.74, 6) is 0.858. The summed E-state index contributed by atoms with van der Waals surface area (Å²) in [6, 6.07) is 15.8. The van der Waals surface area contributed by atoms with Crippen LogP contribution in [0.25, 0.3) is 11.3 Å². The molecule has 0 aliphatic carbocycles. The average molecular weight is 422 g/mol. The minimum atomic E-state index is -0.378. The van der Waals surface area contributed by atoms with E-state index in [0.29, 0.717) is 0 Å². The minimum absolute atomic E-state index is 0.130. The maximum atomic E-state index is 13.3. The van der Waals surface area contributed by atoms with Gasteiger partial charge in [0.05, 0.1) is 18.5 Å². The van der Waals surface area contributed by atoms with E-state index in [9.17, 15) is 4.79 Å². The smallest absolute Gasteiger partial charge is 0.245 e. The van der Waals surface area contributed by atoms with Gasteiger partial charge in [-0.05, 0) is 38.8 Å². The number of benzene rings is 2. The van der Waals surface area contributed by atoms with Crippen molar-refractivity contribution < 1.29 is 9.53 Å². The first kappa shape index (κ1) is 20.4. The molecule has 4 rings (SSSR count). The number of para-hydroxylation sites is 2. The van der Waals surface area contributed by atoms with Crippen LogP contribution < -0.4 is 9.64 Å². The number of carbonyl (C=O) groups is 1. The Labute approximate surface area is 181 Å². The highest BCUT2D eigenvalue weighted by molar-refractivity contribution is 7.14. The standard InChI is InChI=1S/C24H27N3O2S/c1-17-10-12-19(13-11-17)20-16-30-24(25-20)27(21-8-4-5-9-22(21)29-3)18(2)23(28)26-14-6-7-15-26/h4-5,8-13,16,18H,6-7,14-15H2,1-3H3/t18-/m0/s1. The summed E-state index contributed by atoms with van der Waals surface area (Å²) in [7, 11) is 1.66. The second-order valence-corrected chi connectivity index (χ2v) is 8.47. The molecule has 156 valence electrons. The molecule has 1 fully saturated rings. The number of methoxy groups -OCH3 is 1. The van der Waals surface area contributed by atoms with E-state index in [2.05, 4.69) is 36.6 Å². The monoisotopic (exact) mass is 421 g/mol. The van der Waals surface area contributed by atoms with Crippen molar-refractivity contribution in [2.24, 2.45) is 0 Å². The van der Waals surface area contributed by atoms with Crippen LogP contribution in [-0.4, -0.2) is 42.0 Å². The number of anilines is 2. The van der Waals surface area contributed by atoms with Crippen LogP contribution in [0.5, 0.6) is 5.75 Å². The van der Waals surface area contributed by atoms with Crippen molar-refractivity contribution in [3.63, 3.8) is 0 Å². The Bertz CT molecular complexity index is 1010. The molecular formula is C24H27N3O2S. The molecule has 2 aromatic carbocycles. The summed E-state index contributed by atoms with van der Waals surface area (Å²) < 4.78 is 5.62. The predicted molar refractivity (Wildman–Crippen MR) is 123 cm³/mol. The number of likely N-dealkylation sites (tertiary alicyclic amines) is 1. The van der Waals surface area contributed by atoms with E-state index in [1.807, 2.05) is 41.0 Å². The highest BCUT2D eigenvalue weighted by atomic mass is 32.1. The van der Waals surface area contributed by atoms with E-state index in [0.717, 1.165) is 53.8 Å². The summed E-state index contributed by atoms with van der Waals surface area (Å²) in [5, 5.41) is 2.84. The van der Waals surface area contributed by atoms with Gasteiger partial charge in [-0.1, -0.05) is 42.0 Å². The summed E-state index contributed by atoms with van der Waals surface area (Å²) in [6.07, 6.45) is 2.14. The number of ether oxygens (including phenoxy) is 1. The molecule has 30 heavy (non-hydrogen) atoms. The summed E-state index contributed by atoms with van der Waals surface area (Å²) in [5.41, 5.74) is 4.05. The van der Waals surface area contributed by atoms with Crippen molar-refractivity contribution in [3.05, 3.63) is 59.5 Å². The van der Waals surface area contributed by atoms with Gasteiger partial charge in [-0.3, -0.25) is 4.79 Å². The highest BCUT2D eigenvalue weighted by Crippen LogP contribution is 2.39. The number of hydrogen-bond acceptors (Lipinski definition) is 5. The lowest BCUT2D eigenvalue weighted by Crippen LogP contribution is -2.44. The molecular weight excluding hydrogens is 394 g/mol. The van der Waals surface area contributed by atoms with E-state index in [1.165, 1.54) is 5.56 Å². The number of aryl methyl sites for hydroxylation is 1. The van der Waals surface area contributed by atoms with Crippen LogP contribution in [0, 0.1) is 6.92 Å². The van der Waals surface area contributed by atoms with E-state index >= 15 is 0 Å². The topological polar surface area (TPSA) is 45.7 Å². The zero-order chi connectivity index (χ0) is 21.1. The number of hydrogen-bond donors (Lipinski definition) is 0. The van der Waals surface area contributed by atoms with Crippen LogP contribution in [0.2, 0.25) is 0 Å². The molecule has 1 aliphatic heterocycles. The molecule has 6 heteroatoms. The second kappa shape index (κ2) is 8.88. The number of aromatic nitrogens is 1. The van der Waals surface area contributed by atoms with Crippen molar-refractivity contribution in [1.82, 2.24) is 9.88 Å². The number of thiazole rings is 1. The Balaban J connectivity index is 1.73. The molecule has 0 saturated carbocycles. The van der Waals surface area contributed by atoms with Crippen molar-refractivity contribution in [3.8, 4) is 17.0 Å². The van der Waals surface area contributed by atoms with Crippen LogP contribution in [0.1, 0.15) is 25.3 Å². The number of amides is 1. The van der Waals surface area contributed by atoms with Crippen LogP contribution in [0.15, 0.2) is 53.9 Å². The molecule has 0 N–H and O–H groups in total. The molecule has 1 saturated heterocycles. The van der Waals surface area contributed by atoms with Crippen molar-refractivity contribution in [2.75, 3.05) is 25.1 Å². The van der Waals surface area contributed by atoms with Gasteiger partial charge in [0.1, 0.15) is 11.8 Å². The zero-order valence-electron chi connectivity index (χ0n) is 17.7. The lowest BCUT2D eigenvalue weighted by molar-refractivity contribution is -0.131. The van der Waals surface area contributed by atoms with Gasteiger partial charge in [-0.25, -0.2) is 4.98 Å². The van der Waals surface area contributed by atoms with Crippen LogP contribution in [-0.2, 0) is 4.79 Å². The lowest BCUT2D eigenvalue weighted by atomic mass is 10.1. The van der Waals surface area contributed by atoms with E-state index in [1.54, 1.807) is 18.4 Å². The van der Waals surface area contributed by atoms with E-state index < -0.39 is 0 Å². The second-order valence-electron chi connectivity index (χ2n) is 7.63. The Morgan fingerprint density at radius 3 is 2.53 bits per heavy atom. The molecule has 0 radical (unpaired) electrons. The van der Waals surface area contributed by atoms with Gasteiger partial charge in [-0.2, -0.15) is 0 Å². The third-order valence-corrected chi connectivity index (χ3v) is 6.39. The first-order chi connectivity index (χ1) is 14.6. The van der Waals surface area contributed by atoms with Crippen LogP contribution in [0.4, 0.5) is 10.8 Å². The minimum Gasteiger partial charge on any atom is -0.495 e. The fourth-order valence-electron chi connectivity index (χ4n) is 3.85. The molecule has 1 atom stereocenters. The Morgan fingerprint density at radius 1 is 1.13 bits per heavy atom. The van der Waals surface area contributed by atoms with E-state index in [-0.39, 0.29) is 11.9 Å². The average Bonchev–Trinajstić information content (AvgIpc) is 3.47. The molecule has 0 bridgehead atoms. The molecule has 5 nitrogen and oxygen atoms in total. The summed E-state index contributed by atoms with van der Waals surface area (Å²) in [6.45, 7) is 5.69. The number of carbonyl (C=O) groups excluding carboxylic acids is 1. The van der Waals surface area contributed by atoms with Crippen molar-refractivity contribution >= 4 is 28.1 Å². The fraction of sp³-hybridized carbons (Fsp3) is 0.333. The van der Waals surface area contributed by atoms with Gasteiger partial charge in [0.25, 0.3) is 0 Å². The van der Waals surface area contributed by atoms with Crippen LogP contribution >= 0.6 is 11.3 Å². The summed E-state index contributed by atoms with van der Waals surface area (Å²) >= 11 is 1.55. The normalized spacial score (nSPS) is 14.6. The van der Waals surface area contributed by atoms with Gasteiger partial charge >= 0.3 is 0 Å². The first-order valence-electron chi connectivity index (χ1n) is 10.3. The lowest BCUT2D eigenvalue weighted by Gasteiger charge is -2.31. The Kier molecular flexibility index (Phi) is 6.04. The SMILES string of the molecule is COc1ccccc1N(c1nc(-c2ccc(C)cc2)cs1)[C@@H](C)C(=O)N1CCCC1. The highest BCUT2D eigenvalue weighted by Gasteiger charge is 2.32. The van der Waals surface area contributed by atoms with Gasteiger partial charge in [0.2, 0.25) is 5.91 Å². The number of rotatable bonds is 6. The van der Waals surface area contributed by atoms with Crippen LogP contribution in [0.3, 0.4) is 0 Å². The third kappa shape index (κ3) is 4.05. The van der Waals surface area contributed by atoms with Crippen molar-refractivity contribution in [2.45, 2.75) is 32.7 Å². The summed E-state index contributed by atoms with van der Waals surface area (Å²) in [4.78, 5) is 22.2. The van der Waals surface area contributed by atoms with Gasteiger partial charge in [0.15, 0.2) is 5.13 Å². The quantitative estimate of drug-likeness (QED) is 0.543. The maximum absolute atomic E-state index is 13.3. The molecule has 0 unspecified atom stereocenters. The molecule has 2 heterocycles.